The molecular weight excluding hydrogens is 324 g/mol. The molecule has 0 aromatic carbocycles. The van der Waals surface area contributed by atoms with Crippen molar-refractivity contribution in [2.45, 2.75) is 84.7 Å². The van der Waals surface area contributed by atoms with Crippen molar-refractivity contribution in [3.8, 4) is 0 Å². The van der Waals surface area contributed by atoms with Crippen molar-refractivity contribution < 1.29 is 9.53 Å². The van der Waals surface area contributed by atoms with Gasteiger partial charge >= 0.3 is 5.97 Å². The quantitative estimate of drug-likeness (QED) is 0.432. The third kappa shape index (κ3) is 1.97. The monoisotopic (exact) mass is 358 g/mol. The molecule has 5 aliphatic rings. The average molecular weight is 359 g/mol. The molecule has 5 rings (SSSR count). The molecule has 0 bridgehead atoms. The van der Waals surface area contributed by atoms with Crippen LogP contribution < -0.4 is 5.84 Å². The van der Waals surface area contributed by atoms with Crippen molar-refractivity contribution in [2.75, 3.05) is 0 Å². The highest BCUT2D eigenvalue weighted by Gasteiger charge is 2.74. The van der Waals surface area contributed by atoms with Crippen molar-refractivity contribution in [3.05, 3.63) is 0 Å². The predicted molar refractivity (Wildman–Crippen MR) is 101 cm³/mol. The standard InChI is InChI=1S/C22H34N2O2/c1-13(25)26-15-6-9-21(3)18-7-8-20(2)17(4-5-19(20)24-23)16(18)10-14-11-22(14,21)12-15/h14-18H,4-12,23H2,1-3H3/b24-19+/t14?,15-,16-,17-,18-,20-,21+,22?/m0/s1. The van der Waals surface area contributed by atoms with Crippen molar-refractivity contribution in [1.82, 2.24) is 0 Å². The summed E-state index contributed by atoms with van der Waals surface area (Å²) in [6, 6.07) is 0. The van der Waals surface area contributed by atoms with Crippen LogP contribution in [0.3, 0.4) is 0 Å². The van der Waals surface area contributed by atoms with Crippen LogP contribution in [0.15, 0.2) is 5.10 Å². The van der Waals surface area contributed by atoms with Crippen LogP contribution in [0.5, 0.6) is 0 Å². The van der Waals surface area contributed by atoms with Crippen molar-refractivity contribution in [1.29, 1.82) is 0 Å². The topological polar surface area (TPSA) is 64.7 Å². The Labute approximate surface area is 157 Å². The Morgan fingerprint density at radius 3 is 2.69 bits per heavy atom. The SMILES string of the molecule is CC(=O)O[C@H]1CC[C@]2(C)[C@H]3CC[C@]4(C)/C(=N/N)CC[C@H]4[C@@H]3CC3CC32C1. The molecule has 0 heterocycles. The molecule has 0 aromatic rings. The van der Waals surface area contributed by atoms with E-state index in [2.05, 4.69) is 18.9 Å². The summed E-state index contributed by atoms with van der Waals surface area (Å²) in [5.74, 6) is 8.99. The summed E-state index contributed by atoms with van der Waals surface area (Å²) in [6.07, 6.45) is 11.3. The van der Waals surface area contributed by atoms with Crippen molar-refractivity contribution >= 4 is 11.7 Å². The fourth-order valence-electron chi connectivity index (χ4n) is 8.72. The first-order chi connectivity index (χ1) is 12.3. The number of nitrogens with two attached hydrogens (primary N) is 1. The summed E-state index contributed by atoms with van der Waals surface area (Å²) in [5, 5.41) is 4.21. The van der Waals surface area contributed by atoms with Crippen LogP contribution in [0, 0.1) is 39.9 Å². The van der Waals surface area contributed by atoms with Gasteiger partial charge in [0.1, 0.15) is 6.10 Å². The van der Waals surface area contributed by atoms with E-state index in [4.69, 9.17) is 10.6 Å². The van der Waals surface area contributed by atoms with E-state index in [1.165, 1.54) is 44.2 Å². The first-order valence-corrected chi connectivity index (χ1v) is 10.8. The fraction of sp³-hybridized carbons (Fsp3) is 0.909. The van der Waals surface area contributed by atoms with E-state index < -0.39 is 0 Å². The zero-order valence-corrected chi connectivity index (χ0v) is 16.6. The average Bonchev–Trinajstić information content (AvgIpc) is 3.16. The predicted octanol–water partition coefficient (Wildman–Crippen LogP) is 4.28. The maximum atomic E-state index is 11.5. The molecule has 0 aromatic heterocycles. The number of nitrogens with zero attached hydrogens (tertiary/aromatic N) is 1. The van der Waals surface area contributed by atoms with Gasteiger partial charge in [0.2, 0.25) is 0 Å². The Hall–Kier alpha value is -1.06. The van der Waals surface area contributed by atoms with E-state index in [1.807, 2.05) is 0 Å². The van der Waals surface area contributed by atoms with Crippen molar-refractivity contribution in [2.24, 2.45) is 50.9 Å². The van der Waals surface area contributed by atoms with E-state index >= 15 is 0 Å². The van der Waals surface area contributed by atoms with Gasteiger partial charge in [0, 0.05) is 18.1 Å². The molecule has 144 valence electrons. The first kappa shape index (κ1) is 17.1. The van der Waals surface area contributed by atoms with E-state index in [0.29, 0.717) is 10.8 Å². The third-order valence-electron chi connectivity index (χ3n) is 9.99. The number of hydrazone groups is 1. The van der Waals surface area contributed by atoms with Gasteiger partial charge in [-0.05, 0) is 92.3 Å². The zero-order valence-electron chi connectivity index (χ0n) is 16.6. The van der Waals surface area contributed by atoms with Gasteiger partial charge in [-0.1, -0.05) is 13.8 Å². The minimum atomic E-state index is -0.103. The second kappa shape index (κ2) is 5.26. The Bertz CT molecular complexity index is 675. The van der Waals surface area contributed by atoms with Gasteiger partial charge in [0.25, 0.3) is 0 Å². The number of rotatable bonds is 1. The van der Waals surface area contributed by atoms with Gasteiger partial charge in [0.05, 0.1) is 0 Å². The van der Waals surface area contributed by atoms with Crippen LogP contribution in [0.25, 0.3) is 0 Å². The minimum Gasteiger partial charge on any atom is -0.463 e. The summed E-state index contributed by atoms with van der Waals surface area (Å²) in [6.45, 7) is 6.61. The zero-order chi connectivity index (χ0) is 18.3. The molecule has 0 aliphatic heterocycles. The second-order valence-corrected chi connectivity index (χ2v) is 10.6. The van der Waals surface area contributed by atoms with Gasteiger partial charge in [0.15, 0.2) is 0 Å². The molecule has 26 heavy (non-hydrogen) atoms. The molecule has 0 radical (unpaired) electrons. The Kier molecular flexibility index (Phi) is 3.45. The Morgan fingerprint density at radius 2 is 1.96 bits per heavy atom. The largest absolute Gasteiger partial charge is 0.463 e. The number of carbonyl (C=O) groups excluding carboxylic acids is 1. The Morgan fingerprint density at radius 1 is 1.15 bits per heavy atom. The summed E-state index contributed by atoms with van der Waals surface area (Å²) in [4.78, 5) is 11.5. The van der Waals surface area contributed by atoms with Gasteiger partial charge < -0.3 is 10.6 Å². The molecule has 5 saturated carbocycles. The van der Waals surface area contributed by atoms with Crippen molar-refractivity contribution in [3.63, 3.8) is 0 Å². The summed E-state index contributed by atoms with van der Waals surface area (Å²) < 4.78 is 5.66. The van der Waals surface area contributed by atoms with Crippen LogP contribution >= 0.6 is 0 Å². The number of ether oxygens (including phenoxy) is 1. The summed E-state index contributed by atoms with van der Waals surface area (Å²) in [7, 11) is 0. The normalized spacial score (nSPS) is 56.1. The highest BCUT2D eigenvalue weighted by Crippen LogP contribution is 2.80. The molecule has 5 fully saturated rings. The van der Waals surface area contributed by atoms with Gasteiger partial charge in [-0.3, -0.25) is 4.79 Å². The lowest BCUT2D eigenvalue weighted by Gasteiger charge is -2.60. The van der Waals surface area contributed by atoms with Crippen LogP contribution in [-0.4, -0.2) is 17.8 Å². The molecule has 0 amide bonds. The van der Waals surface area contributed by atoms with Crippen LogP contribution in [-0.2, 0) is 9.53 Å². The van der Waals surface area contributed by atoms with E-state index in [0.717, 1.165) is 42.9 Å². The molecule has 4 nitrogen and oxygen atoms in total. The molecule has 1 spiro atoms. The first-order valence-electron chi connectivity index (χ1n) is 10.8. The summed E-state index contributed by atoms with van der Waals surface area (Å²) >= 11 is 0. The molecule has 2 unspecified atom stereocenters. The molecule has 8 atom stereocenters. The molecule has 4 heteroatoms. The maximum Gasteiger partial charge on any atom is 0.302 e. The smallest absolute Gasteiger partial charge is 0.302 e. The highest BCUT2D eigenvalue weighted by atomic mass is 16.5. The number of fused-ring (bicyclic) bond motifs is 4. The van der Waals surface area contributed by atoms with E-state index in [1.54, 1.807) is 6.92 Å². The summed E-state index contributed by atoms with van der Waals surface area (Å²) in [5.41, 5.74) is 2.46. The van der Waals surface area contributed by atoms with Gasteiger partial charge in [-0.25, -0.2) is 0 Å². The number of esters is 1. The van der Waals surface area contributed by atoms with Crippen LogP contribution in [0.4, 0.5) is 0 Å². The molecule has 2 N–H and O–H groups in total. The minimum absolute atomic E-state index is 0.103. The van der Waals surface area contributed by atoms with E-state index in [-0.39, 0.29) is 17.5 Å². The maximum absolute atomic E-state index is 11.5. The lowest BCUT2D eigenvalue weighted by atomic mass is 9.44. The van der Waals surface area contributed by atoms with Crippen LogP contribution in [0.1, 0.15) is 78.6 Å². The molecular formula is C22H34N2O2. The van der Waals surface area contributed by atoms with Gasteiger partial charge in [-0.2, -0.15) is 5.10 Å². The fourth-order valence-corrected chi connectivity index (χ4v) is 8.72. The van der Waals surface area contributed by atoms with Gasteiger partial charge in [-0.15, -0.1) is 0 Å². The van der Waals surface area contributed by atoms with E-state index in [9.17, 15) is 4.79 Å². The molecule has 5 aliphatic carbocycles. The highest BCUT2D eigenvalue weighted by molar-refractivity contribution is 5.92. The number of carbonyl (C=O) groups is 1. The lowest BCUT2D eigenvalue weighted by molar-refractivity contribution is -0.161. The molecule has 0 saturated heterocycles. The Balaban J connectivity index is 1.44. The number of hydrogen-bond donors (Lipinski definition) is 1. The second-order valence-electron chi connectivity index (χ2n) is 10.6. The number of hydrogen-bond acceptors (Lipinski definition) is 4. The van der Waals surface area contributed by atoms with Crippen LogP contribution in [0.2, 0.25) is 0 Å². The lowest BCUT2D eigenvalue weighted by Crippen LogP contribution is -2.55. The third-order valence-corrected chi connectivity index (χ3v) is 9.99.